The number of hydrogen-bond acceptors (Lipinski definition) is 2. The molecule has 0 fully saturated rings. The number of pyridine rings is 1. The van der Waals surface area contributed by atoms with Gasteiger partial charge in [0.2, 0.25) is 0 Å². The number of aromatic nitrogens is 1. The molecule has 0 radical (unpaired) electrons. The van der Waals surface area contributed by atoms with Crippen molar-refractivity contribution in [2.75, 3.05) is 0 Å². The van der Waals surface area contributed by atoms with Crippen molar-refractivity contribution in [3.63, 3.8) is 0 Å². The lowest BCUT2D eigenvalue weighted by atomic mass is 9.89. The van der Waals surface area contributed by atoms with Gasteiger partial charge in [0.15, 0.2) is 0 Å². The smallest absolute Gasteiger partial charge is 0.283 e. The first-order chi connectivity index (χ1) is 6.79. The monoisotopic (exact) mass is 209 g/mol. The second-order valence-corrected chi connectivity index (χ2v) is 5.23. The zero-order chi connectivity index (χ0) is 11.6. The van der Waals surface area contributed by atoms with Gasteiger partial charge >= 0.3 is 0 Å². The summed E-state index contributed by atoms with van der Waals surface area (Å²) in [6.07, 6.45) is 1.66. The maximum Gasteiger partial charge on any atom is 0.283 e. The highest BCUT2D eigenvalue weighted by Crippen LogP contribution is 2.20. The number of nitrogens with zero attached hydrogens (tertiary/aromatic N) is 1. The summed E-state index contributed by atoms with van der Waals surface area (Å²) in [7, 11) is 0. The minimum Gasteiger partial charge on any atom is -0.425 e. The average Bonchev–Trinajstić information content (AvgIpc) is 2.07. The zero-order valence-corrected chi connectivity index (χ0v) is 9.87. The third-order valence-electron chi connectivity index (χ3n) is 2.36. The molecule has 0 saturated heterocycles. The molecular formula is C12H19NO2. The molecule has 0 aliphatic rings. The molecule has 0 amide bonds. The Morgan fingerprint density at radius 2 is 1.93 bits per heavy atom. The van der Waals surface area contributed by atoms with Gasteiger partial charge in [0.05, 0.1) is 5.69 Å². The first kappa shape index (κ1) is 11.8. The highest BCUT2D eigenvalue weighted by Gasteiger charge is 2.12. The molecule has 1 rings (SSSR count). The Hall–Kier alpha value is -1.25. The second-order valence-electron chi connectivity index (χ2n) is 5.23. The fraction of sp³-hybridized carbons (Fsp3) is 0.583. The largest absolute Gasteiger partial charge is 0.425 e. The van der Waals surface area contributed by atoms with Gasteiger partial charge in [0, 0.05) is 6.07 Å². The average molecular weight is 209 g/mol. The van der Waals surface area contributed by atoms with Gasteiger partial charge in [-0.3, -0.25) is 4.79 Å². The van der Waals surface area contributed by atoms with E-state index < -0.39 is 0 Å². The van der Waals surface area contributed by atoms with Crippen LogP contribution in [0.25, 0.3) is 0 Å². The van der Waals surface area contributed by atoms with Gasteiger partial charge in [-0.2, -0.15) is 4.73 Å². The molecule has 1 N–H and O–H groups in total. The molecule has 1 aromatic rings. The maximum atomic E-state index is 11.3. The summed E-state index contributed by atoms with van der Waals surface area (Å²) < 4.78 is 0.749. The van der Waals surface area contributed by atoms with Gasteiger partial charge in [-0.05, 0) is 36.8 Å². The Morgan fingerprint density at radius 1 is 1.33 bits per heavy atom. The molecule has 0 unspecified atom stereocenters. The SMILES string of the molecule is Cc1cc(CCC(C)(C)C)n(O)c(=O)c1. The number of aryl methyl sites for hydroxylation is 2. The van der Waals surface area contributed by atoms with Gasteiger partial charge in [0.25, 0.3) is 5.56 Å². The Labute approximate surface area is 90.3 Å². The van der Waals surface area contributed by atoms with E-state index in [2.05, 4.69) is 20.8 Å². The number of hydrogen-bond donors (Lipinski definition) is 1. The summed E-state index contributed by atoms with van der Waals surface area (Å²) in [5.74, 6) is 0. The van der Waals surface area contributed by atoms with Crippen LogP contribution >= 0.6 is 0 Å². The van der Waals surface area contributed by atoms with Gasteiger partial charge in [0.1, 0.15) is 0 Å². The van der Waals surface area contributed by atoms with E-state index in [1.165, 1.54) is 6.07 Å². The maximum absolute atomic E-state index is 11.3. The molecule has 84 valence electrons. The molecule has 0 aliphatic carbocycles. The summed E-state index contributed by atoms with van der Waals surface area (Å²) in [5, 5.41) is 9.52. The normalized spacial score (nSPS) is 11.7. The highest BCUT2D eigenvalue weighted by atomic mass is 16.5. The lowest BCUT2D eigenvalue weighted by Crippen LogP contribution is -2.21. The van der Waals surface area contributed by atoms with Crippen molar-refractivity contribution in [3.8, 4) is 0 Å². The van der Waals surface area contributed by atoms with E-state index in [0.717, 1.165) is 23.1 Å². The summed E-state index contributed by atoms with van der Waals surface area (Å²) in [6, 6.07) is 3.29. The van der Waals surface area contributed by atoms with Crippen molar-refractivity contribution >= 4 is 0 Å². The first-order valence-corrected chi connectivity index (χ1v) is 5.21. The molecule has 0 atom stereocenters. The van der Waals surface area contributed by atoms with E-state index in [-0.39, 0.29) is 11.0 Å². The van der Waals surface area contributed by atoms with Crippen molar-refractivity contribution < 1.29 is 5.21 Å². The molecule has 3 heteroatoms. The van der Waals surface area contributed by atoms with Crippen molar-refractivity contribution in [2.45, 2.75) is 40.5 Å². The van der Waals surface area contributed by atoms with Crippen molar-refractivity contribution in [3.05, 3.63) is 33.7 Å². The minimum absolute atomic E-state index is 0.208. The van der Waals surface area contributed by atoms with Crippen LogP contribution in [0.15, 0.2) is 16.9 Å². The fourth-order valence-electron chi connectivity index (χ4n) is 1.44. The third kappa shape index (κ3) is 3.42. The van der Waals surface area contributed by atoms with Crippen LogP contribution in [0.1, 0.15) is 38.4 Å². The number of rotatable bonds is 2. The molecule has 0 bridgehead atoms. The van der Waals surface area contributed by atoms with E-state index in [4.69, 9.17) is 0 Å². The molecule has 3 nitrogen and oxygen atoms in total. The molecule has 15 heavy (non-hydrogen) atoms. The van der Waals surface area contributed by atoms with Gasteiger partial charge in [-0.25, -0.2) is 0 Å². The lowest BCUT2D eigenvalue weighted by molar-refractivity contribution is 0.162. The van der Waals surface area contributed by atoms with Crippen LogP contribution in [0.5, 0.6) is 0 Å². The van der Waals surface area contributed by atoms with E-state index in [1.807, 2.05) is 13.0 Å². The predicted octanol–water partition coefficient (Wildman–Crippen LogP) is 2.37. The van der Waals surface area contributed by atoms with E-state index in [9.17, 15) is 10.0 Å². The van der Waals surface area contributed by atoms with Crippen LogP contribution in [-0.2, 0) is 6.42 Å². The molecule has 0 saturated carbocycles. The third-order valence-corrected chi connectivity index (χ3v) is 2.36. The summed E-state index contributed by atoms with van der Waals surface area (Å²) in [4.78, 5) is 11.3. The Bertz CT molecular complexity index is 399. The van der Waals surface area contributed by atoms with Gasteiger partial charge in [-0.15, -0.1) is 0 Å². The van der Waals surface area contributed by atoms with Crippen LogP contribution < -0.4 is 5.56 Å². The lowest BCUT2D eigenvalue weighted by Gasteiger charge is -2.18. The van der Waals surface area contributed by atoms with Crippen molar-refractivity contribution in [1.29, 1.82) is 0 Å². The summed E-state index contributed by atoms with van der Waals surface area (Å²) >= 11 is 0. The zero-order valence-electron chi connectivity index (χ0n) is 9.87. The summed E-state index contributed by atoms with van der Waals surface area (Å²) in [6.45, 7) is 8.29. The molecular weight excluding hydrogens is 190 g/mol. The molecule has 1 heterocycles. The quantitative estimate of drug-likeness (QED) is 0.760. The van der Waals surface area contributed by atoms with Crippen molar-refractivity contribution in [2.24, 2.45) is 5.41 Å². The van der Waals surface area contributed by atoms with E-state index >= 15 is 0 Å². The van der Waals surface area contributed by atoms with E-state index in [0.29, 0.717) is 5.69 Å². The van der Waals surface area contributed by atoms with Crippen LogP contribution in [0, 0.1) is 12.3 Å². The standard InChI is InChI=1S/C12H19NO2/c1-9-7-10(5-6-12(2,3)4)13(15)11(14)8-9/h7-8,15H,5-6H2,1-4H3. The highest BCUT2D eigenvalue weighted by molar-refractivity contribution is 5.15. The first-order valence-electron chi connectivity index (χ1n) is 5.21. The van der Waals surface area contributed by atoms with Crippen molar-refractivity contribution in [1.82, 2.24) is 4.73 Å². The van der Waals surface area contributed by atoms with Crippen LogP contribution in [0.3, 0.4) is 0 Å². The van der Waals surface area contributed by atoms with Gasteiger partial charge in [-0.1, -0.05) is 20.8 Å². The molecule has 0 aliphatic heterocycles. The summed E-state index contributed by atoms with van der Waals surface area (Å²) in [5.41, 5.74) is 1.45. The predicted molar refractivity (Wildman–Crippen MR) is 60.4 cm³/mol. The van der Waals surface area contributed by atoms with Crippen LogP contribution in [0.4, 0.5) is 0 Å². The molecule has 0 spiro atoms. The van der Waals surface area contributed by atoms with Crippen LogP contribution in [-0.4, -0.2) is 9.94 Å². The van der Waals surface area contributed by atoms with Gasteiger partial charge < -0.3 is 5.21 Å². The fourth-order valence-corrected chi connectivity index (χ4v) is 1.44. The topological polar surface area (TPSA) is 42.2 Å². The molecule has 0 aromatic carbocycles. The Balaban J connectivity index is 2.91. The van der Waals surface area contributed by atoms with E-state index in [1.54, 1.807) is 0 Å². The Morgan fingerprint density at radius 3 is 2.47 bits per heavy atom. The minimum atomic E-state index is -0.348. The van der Waals surface area contributed by atoms with Crippen LogP contribution in [0.2, 0.25) is 0 Å². The Kier molecular flexibility index (Phi) is 3.22. The molecule has 1 aromatic heterocycles. The second kappa shape index (κ2) is 4.09.